The van der Waals surface area contributed by atoms with Gasteiger partial charge in [-0.2, -0.15) is 0 Å². The van der Waals surface area contributed by atoms with E-state index in [1.54, 1.807) is 0 Å². The van der Waals surface area contributed by atoms with Crippen LogP contribution in [0.15, 0.2) is 40.8 Å². The Morgan fingerprint density at radius 1 is 1.11 bits per heavy atom. The van der Waals surface area contributed by atoms with Gasteiger partial charge < -0.3 is 4.90 Å². The van der Waals surface area contributed by atoms with Gasteiger partial charge in [-0.05, 0) is 23.0 Å². The fourth-order valence-corrected chi connectivity index (χ4v) is 3.46. The molecule has 0 aliphatic carbocycles. The van der Waals surface area contributed by atoms with Crippen molar-refractivity contribution < 1.29 is 0 Å². The number of nitrogens with zero attached hydrogens (tertiary/aromatic N) is 1. The molecule has 0 spiro atoms. The summed E-state index contributed by atoms with van der Waals surface area (Å²) in [5.74, 6) is 0. The molecule has 0 aromatic heterocycles. The lowest BCUT2D eigenvalue weighted by molar-refractivity contribution is 0.569. The third-order valence-corrected chi connectivity index (χ3v) is 4.54. The third-order valence-electron chi connectivity index (χ3n) is 3.57. The molecule has 18 heavy (non-hydrogen) atoms. The second-order valence-corrected chi connectivity index (χ2v) is 6.82. The average molecular weight is 257 g/mol. The van der Waals surface area contributed by atoms with Crippen molar-refractivity contribution >= 4 is 17.5 Å². The van der Waals surface area contributed by atoms with Crippen molar-refractivity contribution in [3.05, 3.63) is 51.9 Å². The predicted octanol–water partition coefficient (Wildman–Crippen LogP) is 4.58. The molecule has 1 aromatic carbocycles. The van der Waals surface area contributed by atoms with E-state index in [1.165, 1.54) is 28.3 Å². The number of rotatable bonds is 1. The van der Waals surface area contributed by atoms with Crippen molar-refractivity contribution in [3.63, 3.8) is 0 Å². The molecule has 2 heteroatoms. The largest absolute Gasteiger partial charge is 0.335 e. The highest BCUT2D eigenvalue weighted by molar-refractivity contribution is 8.06. The molecule has 0 amide bonds. The van der Waals surface area contributed by atoms with Gasteiger partial charge in [-0.25, -0.2) is 0 Å². The second kappa shape index (κ2) is 4.20. The Labute approximate surface area is 114 Å². The van der Waals surface area contributed by atoms with Gasteiger partial charge in [-0.3, -0.25) is 0 Å². The van der Waals surface area contributed by atoms with Crippen molar-refractivity contribution in [2.75, 3.05) is 6.54 Å². The van der Waals surface area contributed by atoms with Crippen molar-refractivity contribution in [2.24, 2.45) is 0 Å². The summed E-state index contributed by atoms with van der Waals surface area (Å²) in [5.41, 5.74) is 4.33. The first-order valence-electron chi connectivity index (χ1n) is 6.51. The molecule has 1 aromatic rings. The maximum atomic E-state index is 2.43. The summed E-state index contributed by atoms with van der Waals surface area (Å²) in [5, 5.41) is 3.68. The van der Waals surface area contributed by atoms with Gasteiger partial charge >= 0.3 is 0 Å². The normalized spacial score (nSPS) is 18.7. The Balaban J connectivity index is 1.88. The summed E-state index contributed by atoms with van der Waals surface area (Å²) >= 11 is 1.85. The van der Waals surface area contributed by atoms with Crippen LogP contribution in [0.25, 0.3) is 5.70 Å². The van der Waals surface area contributed by atoms with Gasteiger partial charge in [-0.1, -0.05) is 62.9 Å². The van der Waals surface area contributed by atoms with Crippen LogP contribution in [-0.2, 0) is 5.41 Å². The number of hydrogen-bond acceptors (Lipinski definition) is 2. The number of fused-ring (bicyclic) bond motifs is 1. The van der Waals surface area contributed by atoms with E-state index in [2.05, 4.69) is 61.4 Å². The number of benzene rings is 1. The molecule has 0 N–H and O–H groups in total. The first-order chi connectivity index (χ1) is 8.55. The van der Waals surface area contributed by atoms with Crippen molar-refractivity contribution in [1.82, 2.24) is 4.90 Å². The predicted molar refractivity (Wildman–Crippen MR) is 80.1 cm³/mol. The van der Waals surface area contributed by atoms with E-state index in [0.717, 1.165) is 6.54 Å². The molecule has 0 saturated carbocycles. The molecule has 2 heterocycles. The van der Waals surface area contributed by atoms with Crippen LogP contribution >= 0.6 is 11.8 Å². The van der Waals surface area contributed by atoms with Crippen LogP contribution in [-0.4, -0.2) is 11.4 Å². The zero-order valence-corrected chi connectivity index (χ0v) is 12.1. The third kappa shape index (κ3) is 1.99. The molecule has 2 aliphatic rings. The zero-order valence-electron chi connectivity index (χ0n) is 11.2. The molecule has 2 aliphatic heterocycles. The summed E-state index contributed by atoms with van der Waals surface area (Å²) in [7, 11) is 0. The van der Waals surface area contributed by atoms with Crippen LogP contribution < -0.4 is 0 Å². The molecule has 0 fully saturated rings. The van der Waals surface area contributed by atoms with Gasteiger partial charge in [0, 0.05) is 12.0 Å². The topological polar surface area (TPSA) is 3.24 Å². The Bertz CT molecular complexity index is 517. The molecule has 1 nitrogen and oxygen atoms in total. The van der Waals surface area contributed by atoms with Crippen molar-refractivity contribution in [2.45, 2.75) is 32.6 Å². The standard InChI is InChI=1S/C16H19NS/c1-16(2,3)13-8-6-12(7-9-13)14-11-18-15-5-4-10-17(14)15/h5-9,11H,4,10H2,1-3H3. The van der Waals surface area contributed by atoms with Gasteiger partial charge in [-0.15, -0.1) is 0 Å². The van der Waals surface area contributed by atoms with Crippen LogP contribution in [0, 0.1) is 0 Å². The fraction of sp³-hybridized carbons (Fsp3) is 0.375. The molecular formula is C16H19NS. The Hall–Kier alpha value is -1.15. The summed E-state index contributed by atoms with van der Waals surface area (Å²) in [6, 6.07) is 9.04. The fourth-order valence-electron chi connectivity index (χ4n) is 2.43. The number of thioether (sulfide) groups is 1. The zero-order chi connectivity index (χ0) is 12.8. The summed E-state index contributed by atoms with van der Waals surface area (Å²) in [6.07, 6.45) is 3.51. The Kier molecular flexibility index (Phi) is 2.78. The van der Waals surface area contributed by atoms with E-state index >= 15 is 0 Å². The molecule has 0 atom stereocenters. The Morgan fingerprint density at radius 3 is 2.50 bits per heavy atom. The van der Waals surface area contributed by atoms with E-state index in [4.69, 9.17) is 0 Å². The van der Waals surface area contributed by atoms with E-state index in [0.29, 0.717) is 0 Å². The van der Waals surface area contributed by atoms with Crippen LogP contribution in [0.4, 0.5) is 0 Å². The summed E-state index contributed by atoms with van der Waals surface area (Å²) in [6.45, 7) is 7.91. The lowest BCUT2D eigenvalue weighted by Crippen LogP contribution is -2.14. The molecule has 0 bridgehead atoms. The molecule has 0 saturated heterocycles. The van der Waals surface area contributed by atoms with Gasteiger partial charge in [0.25, 0.3) is 0 Å². The molecule has 3 rings (SSSR count). The number of hydrogen-bond donors (Lipinski definition) is 0. The summed E-state index contributed by atoms with van der Waals surface area (Å²) < 4.78 is 0. The highest BCUT2D eigenvalue weighted by atomic mass is 32.2. The van der Waals surface area contributed by atoms with E-state index < -0.39 is 0 Å². The minimum absolute atomic E-state index is 0.232. The van der Waals surface area contributed by atoms with Crippen LogP contribution in [0.2, 0.25) is 0 Å². The van der Waals surface area contributed by atoms with Crippen LogP contribution in [0.5, 0.6) is 0 Å². The second-order valence-electron chi connectivity index (χ2n) is 5.93. The van der Waals surface area contributed by atoms with Gasteiger partial charge in [0.2, 0.25) is 0 Å². The lowest BCUT2D eigenvalue weighted by Gasteiger charge is -2.21. The monoisotopic (exact) mass is 257 g/mol. The maximum absolute atomic E-state index is 2.43. The molecular weight excluding hydrogens is 238 g/mol. The minimum Gasteiger partial charge on any atom is -0.335 e. The van der Waals surface area contributed by atoms with Crippen LogP contribution in [0.1, 0.15) is 38.3 Å². The molecule has 94 valence electrons. The van der Waals surface area contributed by atoms with Gasteiger partial charge in [0.05, 0.1) is 10.7 Å². The van der Waals surface area contributed by atoms with Crippen molar-refractivity contribution in [3.8, 4) is 0 Å². The molecule has 0 radical (unpaired) electrons. The van der Waals surface area contributed by atoms with E-state index in [-0.39, 0.29) is 5.41 Å². The minimum atomic E-state index is 0.232. The van der Waals surface area contributed by atoms with Gasteiger partial charge in [0.15, 0.2) is 0 Å². The SMILES string of the molecule is CC(C)(C)c1ccc(C2=CSC3=CCCN32)cc1. The highest BCUT2D eigenvalue weighted by Crippen LogP contribution is 2.42. The Morgan fingerprint density at radius 2 is 1.83 bits per heavy atom. The highest BCUT2D eigenvalue weighted by Gasteiger charge is 2.25. The first kappa shape index (κ1) is 11.9. The first-order valence-corrected chi connectivity index (χ1v) is 7.39. The summed E-state index contributed by atoms with van der Waals surface area (Å²) in [4.78, 5) is 2.43. The lowest BCUT2D eigenvalue weighted by atomic mass is 9.86. The van der Waals surface area contributed by atoms with Crippen LogP contribution in [0.3, 0.4) is 0 Å². The van der Waals surface area contributed by atoms with E-state index in [9.17, 15) is 0 Å². The smallest absolute Gasteiger partial charge is 0.0755 e. The maximum Gasteiger partial charge on any atom is 0.0755 e. The van der Waals surface area contributed by atoms with Crippen molar-refractivity contribution in [1.29, 1.82) is 0 Å². The quantitative estimate of drug-likeness (QED) is 0.724. The molecule has 0 unspecified atom stereocenters. The van der Waals surface area contributed by atoms with E-state index in [1.807, 2.05) is 11.8 Å². The van der Waals surface area contributed by atoms with Gasteiger partial charge in [0.1, 0.15) is 0 Å². The average Bonchev–Trinajstić information content (AvgIpc) is 2.89.